The Balaban J connectivity index is 3.69. The van der Waals surface area contributed by atoms with Gasteiger partial charge < -0.3 is 0 Å². The summed E-state index contributed by atoms with van der Waals surface area (Å²) in [5, 5.41) is 0. The number of hydrogen-bond acceptors (Lipinski definition) is 1. The summed E-state index contributed by atoms with van der Waals surface area (Å²) >= 11 is 4.09. The van der Waals surface area contributed by atoms with Crippen molar-refractivity contribution in [3.8, 4) is 0 Å². The number of thiol groups is 1. The molecule has 0 heterocycles. The minimum atomic E-state index is 0.963. The average molecular weight is 126 g/mol. The van der Waals surface area contributed by atoms with Crippen LogP contribution in [0.4, 0.5) is 0 Å². The number of rotatable bonds is 2. The summed E-state index contributed by atoms with van der Waals surface area (Å²) in [7, 11) is 0. The second kappa shape index (κ2) is 4.72. The topological polar surface area (TPSA) is 0 Å². The minimum absolute atomic E-state index is 0.963. The molecule has 8 heavy (non-hydrogen) atoms. The third-order valence-electron chi connectivity index (χ3n) is 0.699. The van der Waals surface area contributed by atoms with E-state index in [1.54, 1.807) is 6.08 Å². The van der Waals surface area contributed by atoms with Crippen LogP contribution in [0.5, 0.6) is 0 Å². The molecule has 0 aliphatic rings. The maximum Gasteiger partial charge on any atom is -0.000279 e. The molecule has 0 aliphatic heterocycles. The van der Waals surface area contributed by atoms with Crippen molar-refractivity contribution in [2.45, 2.75) is 6.92 Å². The Kier molecular flexibility index (Phi) is 4.47. The van der Waals surface area contributed by atoms with Crippen molar-refractivity contribution in [2.75, 3.05) is 0 Å². The van der Waals surface area contributed by atoms with E-state index in [1.165, 1.54) is 0 Å². The standard InChI is InChI=1S/C7H10S/c1-3-5-6-7(8)4-2/h3-6,8H,1H2,2H3/b6-5-,7-4?. The van der Waals surface area contributed by atoms with Gasteiger partial charge in [-0.1, -0.05) is 24.8 Å². The summed E-state index contributed by atoms with van der Waals surface area (Å²) in [6.45, 7) is 5.46. The molecule has 0 aromatic carbocycles. The van der Waals surface area contributed by atoms with Gasteiger partial charge in [0.2, 0.25) is 0 Å². The zero-order valence-electron chi connectivity index (χ0n) is 4.96. The van der Waals surface area contributed by atoms with Gasteiger partial charge in [0, 0.05) is 0 Å². The third-order valence-corrected chi connectivity index (χ3v) is 1.11. The predicted molar refractivity (Wildman–Crippen MR) is 42.1 cm³/mol. The molecule has 0 unspecified atom stereocenters. The monoisotopic (exact) mass is 126 g/mol. The highest BCUT2D eigenvalue weighted by Gasteiger charge is 1.72. The van der Waals surface area contributed by atoms with Gasteiger partial charge in [0.05, 0.1) is 0 Å². The molecule has 0 aromatic heterocycles. The van der Waals surface area contributed by atoms with Gasteiger partial charge in [0.1, 0.15) is 0 Å². The van der Waals surface area contributed by atoms with Gasteiger partial charge in [-0.25, -0.2) is 0 Å². The largest absolute Gasteiger partial charge is 0.144 e. The molecule has 0 fully saturated rings. The van der Waals surface area contributed by atoms with Crippen molar-refractivity contribution in [1.29, 1.82) is 0 Å². The van der Waals surface area contributed by atoms with Crippen molar-refractivity contribution in [1.82, 2.24) is 0 Å². The first-order valence-corrected chi connectivity index (χ1v) is 2.90. The lowest BCUT2D eigenvalue weighted by Crippen LogP contribution is -1.56. The van der Waals surface area contributed by atoms with Crippen LogP contribution in [0.3, 0.4) is 0 Å². The van der Waals surface area contributed by atoms with Crippen molar-refractivity contribution < 1.29 is 0 Å². The number of hydrogen-bond donors (Lipinski definition) is 1. The van der Waals surface area contributed by atoms with E-state index >= 15 is 0 Å². The molecule has 0 aromatic rings. The highest BCUT2D eigenvalue weighted by atomic mass is 32.1. The molecule has 0 N–H and O–H groups in total. The maximum absolute atomic E-state index is 4.09. The molecule has 0 bridgehead atoms. The molecular weight excluding hydrogens is 116 g/mol. The Morgan fingerprint density at radius 3 is 2.62 bits per heavy atom. The first kappa shape index (κ1) is 7.57. The summed E-state index contributed by atoms with van der Waals surface area (Å²) in [4.78, 5) is 0.963. The lowest BCUT2D eigenvalue weighted by molar-refractivity contribution is 1.71. The lowest BCUT2D eigenvalue weighted by atomic mass is 10.4. The molecule has 0 radical (unpaired) electrons. The Bertz CT molecular complexity index is 120. The van der Waals surface area contributed by atoms with Gasteiger partial charge in [-0.15, -0.1) is 12.6 Å². The van der Waals surface area contributed by atoms with Crippen LogP contribution in [0, 0.1) is 0 Å². The lowest BCUT2D eigenvalue weighted by Gasteiger charge is -1.81. The quantitative estimate of drug-likeness (QED) is 0.426. The van der Waals surface area contributed by atoms with Crippen LogP contribution in [0.15, 0.2) is 35.8 Å². The molecule has 0 rings (SSSR count). The Labute approximate surface area is 56.0 Å². The summed E-state index contributed by atoms with van der Waals surface area (Å²) in [6.07, 6.45) is 7.38. The predicted octanol–water partition coefficient (Wildman–Crippen LogP) is 2.56. The SMILES string of the molecule is C=C/C=C\C(S)=CC. The second-order valence-corrected chi connectivity index (χ2v) is 1.82. The zero-order chi connectivity index (χ0) is 6.41. The highest BCUT2D eigenvalue weighted by Crippen LogP contribution is 1.99. The van der Waals surface area contributed by atoms with Crippen LogP contribution in [0.1, 0.15) is 6.92 Å². The summed E-state index contributed by atoms with van der Waals surface area (Å²) < 4.78 is 0. The molecule has 0 saturated carbocycles. The van der Waals surface area contributed by atoms with E-state index in [2.05, 4.69) is 19.2 Å². The van der Waals surface area contributed by atoms with Gasteiger partial charge in [-0.2, -0.15) is 0 Å². The smallest absolute Gasteiger partial charge is 0.000279 e. The summed E-state index contributed by atoms with van der Waals surface area (Å²) in [5.41, 5.74) is 0. The van der Waals surface area contributed by atoms with E-state index < -0.39 is 0 Å². The van der Waals surface area contributed by atoms with Crippen LogP contribution >= 0.6 is 12.6 Å². The molecule has 0 amide bonds. The van der Waals surface area contributed by atoms with E-state index in [0.717, 1.165) is 4.91 Å². The first-order chi connectivity index (χ1) is 3.81. The van der Waals surface area contributed by atoms with Crippen molar-refractivity contribution in [3.63, 3.8) is 0 Å². The average Bonchev–Trinajstić information content (AvgIpc) is 1.83. The first-order valence-electron chi connectivity index (χ1n) is 2.45. The van der Waals surface area contributed by atoms with E-state index in [0.29, 0.717) is 0 Å². The zero-order valence-corrected chi connectivity index (χ0v) is 5.86. The Morgan fingerprint density at radius 1 is 1.62 bits per heavy atom. The van der Waals surface area contributed by atoms with E-state index in [1.807, 2.05) is 25.2 Å². The van der Waals surface area contributed by atoms with Crippen molar-refractivity contribution >= 4 is 12.6 Å². The molecule has 0 atom stereocenters. The molecule has 44 valence electrons. The fourth-order valence-corrected chi connectivity index (χ4v) is 0.349. The fraction of sp³-hybridized carbons (Fsp3) is 0.143. The van der Waals surface area contributed by atoms with Crippen LogP contribution in [0.2, 0.25) is 0 Å². The molecular formula is C7H10S. The molecule has 0 spiro atoms. The van der Waals surface area contributed by atoms with Gasteiger partial charge >= 0.3 is 0 Å². The van der Waals surface area contributed by atoms with Gasteiger partial charge in [-0.3, -0.25) is 0 Å². The maximum atomic E-state index is 4.09. The van der Waals surface area contributed by atoms with Crippen LogP contribution < -0.4 is 0 Å². The normalized spacial score (nSPS) is 12.5. The molecule has 0 nitrogen and oxygen atoms in total. The van der Waals surface area contributed by atoms with Crippen LogP contribution in [-0.2, 0) is 0 Å². The summed E-state index contributed by atoms with van der Waals surface area (Å²) in [5.74, 6) is 0. The van der Waals surface area contributed by atoms with Gasteiger partial charge in [0.25, 0.3) is 0 Å². The van der Waals surface area contributed by atoms with E-state index in [-0.39, 0.29) is 0 Å². The molecule has 1 heteroatoms. The number of allylic oxidation sites excluding steroid dienone is 4. The Morgan fingerprint density at radius 2 is 2.25 bits per heavy atom. The van der Waals surface area contributed by atoms with E-state index in [9.17, 15) is 0 Å². The third kappa shape index (κ3) is 3.75. The summed E-state index contributed by atoms with van der Waals surface area (Å²) in [6, 6.07) is 0. The highest BCUT2D eigenvalue weighted by molar-refractivity contribution is 7.84. The van der Waals surface area contributed by atoms with Crippen LogP contribution in [0.25, 0.3) is 0 Å². The van der Waals surface area contributed by atoms with Gasteiger partial charge in [-0.05, 0) is 17.9 Å². The molecule has 0 aliphatic carbocycles. The second-order valence-electron chi connectivity index (χ2n) is 1.31. The van der Waals surface area contributed by atoms with Crippen LogP contribution in [-0.4, -0.2) is 0 Å². The van der Waals surface area contributed by atoms with Gasteiger partial charge in [0.15, 0.2) is 0 Å². The van der Waals surface area contributed by atoms with Crippen molar-refractivity contribution in [2.24, 2.45) is 0 Å². The fourth-order valence-electron chi connectivity index (χ4n) is 0.263. The van der Waals surface area contributed by atoms with Crippen molar-refractivity contribution in [3.05, 3.63) is 35.8 Å². The Hall–Kier alpha value is -0.430. The molecule has 0 saturated heterocycles. The van der Waals surface area contributed by atoms with E-state index in [4.69, 9.17) is 0 Å². The minimum Gasteiger partial charge on any atom is -0.144 e.